The zero-order chi connectivity index (χ0) is 13.2. The summed E-state index contributed by atoms with van der Waals surface area (Å²) < 4.78 is 0. The van der Waals surface area contributed by atoms with Crippen molar-refractivity contribution in [3.63, 3.8) is 0 Å². The fourth-order valence-electron chi connectivity index (χ4n) is 1.99. The van der Waals surface area contributed by atoms with Gasteiger partial charge in [0.15, 0.2) is 0 Å². The number of fused-ring (bicyclic) bond motifs is 1. The van der Waals surface area contributed by atoms with Crippen LogP contribution in [0.25, 0.3) is 10.8 Å². The number of halogens is 1. The lowest BCUT2D eigenvalue weighted by Crippen LogP contribution is -1.96. The molecule has 0 aliphatic rings. The van der Waals surface area contributed by atoms with Crippen LogP contribution in [0.5, 0.6) is 0 Å². The summed E-state index contributed by atoms with van der Waals surface area (Å²) >= 11 is 6.15. The Labute approximate surface area is 116 Å². The molecule has 19 heavy (non-hydrogen) atoms. The Hall–Kier alpha value is -2.26. The van der Waals surface area contributed by atoms with E-state index >= 15 is 0 Å². The summed E-state index contributed by atoms with van der Waals surface area (Å²) in [5.41, 5.74) is 7.19. The second-order valence-electron chi connectivity index (χ2n) is 4.24. The van der Waals surface area contributed by atoms with E-state index < -0.39 is 0 Å². The van der Waals surface area contributed by atoms with Crippen molar-refractivity contribution in [1.82, 2.24) is 4.98 Å². The Morgan fingerprint density at radius 2 is 1.89 bits per heavy atom. The number of nitrogens with zero attached hydrogens (tertiary/aromatic N) is 1. The molecule has 0 saturated carbocycles. The highest BCUT2D eigenvalue weighted by molar-refractivity contribution is 6.33. The van der Waals surface area contributed by atoms with Gasteiger partial charge in [0.25, 0.3) is 0 Å². The van der Waals surface area contributed by atoms with E-state index in [-0.39, 0.29) is 0 Å². The van der Waals surface area contributed by atoms with Crippen LogP contribution >= 0.6 is 11.6 Å². The highest BCUT2D eigenvalue weighted by Crippen LogP contribution is 2.29. The first kappa shape index (κ1) is 11.8. The molecule has 0 aliphatic carbocycles. The van der Waals surface area contributed by atoms with Crippen molar-refractivity contribution in [2.24, 2.45) is 0 Å². The Kier molecular flexibility index (Phi) is 2.97. The Balaban J connectivity index is 2.08. The van der Waals surface area contributed by atoms with E-state index in [1.165, 1.54) is 0 Å². The van der Waals surface area contributed by atoms with E-state index in [9.17, 15) is 0 Å². The largest absolute Gasteiger partial charge is 0.399 e. The average Bonchev–Trinajstić information content (AvgIpc) is 2.43. The number of pyridine rings is 1. The summed E-state index contributed by atoms with van der Waals surface area (Å²) in [6.07, 6.45) is 1.77. The molecule has 0 saturated heterocycles. The summed E-state index contributed by atoms with van der Waals surface area (Å²) in [6.45, 7) is 0. The molecule has 4 heteroatoms. The molecule has 3 aromatic rings. The number of hydrogen-bond donors (Lipinski definition) is 2. The van der Waals surface area contributed by atoms with Crippen LogP contribution in [-0.2, 0) is 0 Å². The first-order valence-corrected chi connectivity index (χ1v) is 6.27. The number of benzene rings is 2. The molecule has 0 aliphatic heterocycles. The summed E-state index contributed by atoms with van der Waals surface area (Å²) in [5.74, 6) is 0.769. The maximum Gasteiger partial charge on any atom is 0.138 e. The van der Waals surface area contributed by atoms with Crippen molar-refractivity contribution < 1.29 is 0 Å². The summed E-state index contributed by atoms with van der Waals surface area (Å²) in [6, 6.07) is 15.4. The quantitative estimate of drug-likeness (QED) is 0.685. The molecule has 1 aromatic heterocycles. The molecule has 0 fully saturated rings. The van der Waals surface area contributed by atoms with Gasteiger partial charge in [0.05, 0.1) is 10.7 Å². The van der Waals surface area contributed by atoms with Crippen molar-refractivity contribution in [3.8, 4) is 0 Å². The number of nitrogen functional groups attached to an aromatic ring is 1. The second-order valence-corrected chi connectivity index (χ2v) is 4.65. The van der Waals surface area contributed by atoms with Gasteiger partial charge in [-0.25, -0.2) is 4.98 Å². The third-order valence-corrected chi connectivity index (χ3v) is 3.25. The average molecular weight is 270 g/mol. The summed E-state index contributed by atoms with van der Waals surface area (Å²) in [7, 11) is 0. The minimum Gasteiger partial charge on any atom is -0.399 e. The molecular weight excluding hydrogens is 258 g/mol. The van der Waals surface area contributed by atoms with Crippen LogP contribution in [0.1, 0.15) is 0 Å². The van der Waals surface area contributed by atoms with E-state index in [4.69, 9.17) is 17.3 Å². The maximum absolute atomic E-state index is 6.15. The van der Waals surface area contributed by atoms with Crippen molar-refractivity contribution in [2.75, 3.05) is 11.1 Å². The standard InChI is InChI=1S/C15H12ClN3/c16-13-6-5-11(17)9-14(13)19-15-12-4-2-1-3-10(12)7-8-18-15/h1-9H,17H2,(H,18,19). The van der Waals surface area contributed by atoms with Crippen LogP contribution < -0.4 is 11.1 Å². The number of hydrogen-bond acceptors (Lipinski definition) is 3. The lowest BCUT2D eigenvalue weighted by molar-refractivity contribution is 1.34. The third-order valence-electron chi connectivity index (χ3n) is 2.92. The molecule has 2 aromatic carbocycles. The molecular formula is C15H12ClN3. The van der Waals surface area contributed by atoms with Gasteiger partial charge in [-0.15, -0.1) is 0 Å². The van der Waals surface area contributed by atoms with E-state index in [1.807, 2.05) is 30.3 Å². The lowest BCUT2D eigenvalue weighted by Gasteiger charge is -2.10. The van der Waals surface area contributed by atoms with E-state index in [1.54, 1.807) is 24.4 Å². The minimum atomic E-state index is 0.615. The predicted octanol–water partition coefficient (Wildman–Crippen LogP) is 4.21. The zero-order valence-corrected chi connectivity index (χ0v) is 10.9. The highest BCUT2D eigenvalue weighted by atomic mass is 35.5. The van der Waals surface area contributed by atoms with E-state index in [0.29, 0.717) is 10.7 Å². The third kappa shape index (κ3) is 2.33. The smallest absolute Gasteiger partial charge is 0.138 e. The number of rotatable bonds is 2. The van der Waals surface area contributed by atoms with Gasteiger partial charge >= 0.3 is 0 Å². The van der Waals surface area contributed by atoms with Gasteiger partial charge in [-0.05, 0) is 29.7 Å². The number of nitrogens with two attached hydrogens (primary N) is 1. The summed E-state index contributed by atoms with van der Waals surface area (Å²) in [5, 5.41) is 6.02. The van der Waals surface area contributed by atoms with Crippen LogP contribution in [0.4, 0.5) is 17.2 Å². The van der Waals surface area contributed by atoms with Crippen LogP contribution in [0, 0.1) is 0 Å². The molecule has 1 heterocycles. The monoisotopic (exact) mass is 269 g/mol. The highest BCUT2D eigenvalue weighted by Gasteiger charge is 2.05. The second kappa shape index (κ2) is 4.78. The predicted molar refractivity (Wildman–Crippen MR) is 80.9 cm³/mol. The number of aromatic nitrogens is 1. The fraction of sp³-hybridized carbons (Fsp3) is 0. The van der Waals surface area contributed by atoms with E-state index in [2.05, 4.69) is 10.3 Å². The van der Waals surface area contributed by atoms with Crippen molar-refractivity contribution >= 4 is 39.6 Å². The van der Waals surface area contributed by atoms with Crippen LogP contribution in [0.3, 0.4) is 0 Å². The molecule has 3 N–H and O–H groups in total. The fourth-order valence-corrected chi connectivity index (χ4v) is 2.15. The van der Waals surface area contributed by atoms with Crippen molar-refractivity contribution in [1.29, 1.82) is 0 Å². The van der Waals surface area contributed by atoms with Gasteiger partial charge in [-0.1, -0.05) is 35.9 Å². The topological polar surface area (TPSA) is 50.9 Å². The van der Waals surface area contributed by atoms with Gasteiger partial charge in [0, 0.05) is 17.3 Å². The molecule has 0 atom stereocenters. The first-order valence-electron chi connectivity index (χ1n) is 5.90. The zero-order valence-electron chi connectivity index (χ0n) is 10.1. The molecule has 0 radical (unpaired) electrons. The Morgan fingerprint density at radius 3 is 2.79 bits per heavy atom. The molecule has 0 amide bonds. The van der Waals surface area contributed by atoms with Crippen molar-refractivity contribution in [2.45, 2.75) is 0 Å². The molecule has 94 valence electrons. The van der Waals surface area contributed by atoms with Crippen molar-refractivity contribution in [3.05, 3.63) is 59.8 Å². The van der Waals surface area contributed by atoms with Gasteiger partial charge in [-0.2, -0.15) is 0 Å². The minimum absolute atomic E-state index is 0.615. The summed E-state index contributed by atoms with van der Waals surface area (Å²) in [4.78, 5) is 4.36. The first-order chi connectivity index (χ1) is 9.24. The molecule has 3 rings (SSSR count). The maximum atomic E-state index is 6.15. The van der Waals surface area contributed by atoms with Crippen LogP contribution in [0.15, 0.2) is 54.7 Å². The van der Waals surface area contributed by atoms with Gasteiger partial charge < -0.3 is 11.1 Å². The molecule has 0 spiro atoms. The number of anilines is 3. The molecule has 0 bridgehead atoms. The number of nitrogens with one attached hydrogen (secondary N) is 1. The normalized spacial score (nSPS) is 10.6. The molecule has 0 unspecified atom stereocenters. The van der Waals surface area contributed by atoms with Gasteiger partial charge in [-0.3, -0.25) is 0 Å². The Bertz CT molecular complexity index is 735. The SMILES string of the molecule is Nc1ccc(Cl)c(Nc2nccc3ccccc23)c1. The lowest BCUT2D eigenvalue weighted by atomic mass is 10.1. The van der Waals surface area contributed by atoms with Gasteiger partial charge in [0.2, 0.25) is 0 Å². The van der Waals surface area contributed by atoms with Gasteiger partial charge in [0.1, 0.15) is 5.82 Å². The van der Waals surface area contributed by atoms with Crippen LogP contribution in [0.2, 0.25) is 5.02 Å². The molecule has 3 nitrogen and oxygen atoms in total. The van der Waals surface area contributed by atoms with Crippen LogP contribution in [-0.4, -0.2) is 4.98 Å². The Morgan fingerprint density at radius 1 is 1.05 bits per heavy atom. The van der Waals surface area contributed by atoms with E-state index in [0.717, 1.165) is 22.3 Å².